The Morgan fingerprint density at radius 3 is 2.67 bits per heavy atom. The van der Waals surface area contributed by atoms with Crippen LogP contribution in [0.2, 0.25) is 0 Å². The molecule has 0 radical (unpaired) electrons. The van der Waals surface area contributed by atoms with Gasteiger partial charge in [0.05, 0.1) is 6.04 Å². The van der Waals surface area contributed by atoms with Crippen molar-refractivity contribution in [2.75, 3.05) is 6.61 Å². The van der Waals surface area contributed by atoms with Crippen LogP contribution >= 0.6 is 0 Å². The average molecular weight is 288 g/mol. The average Bonchev–Trinajstić information content (AvgIpc) is 2.41. The van der Waals surface area contributed by atoms with Crippen molar-refractivity contribution in [2.24, 2.45) is 0 Å². The molecule has 1 atom stereocenters. The molecule has 1 aromatic rings. The molecule has 0 aliphatic carbocycles. The van der Waals surface area contributed by atoms with Gasteiger partial charge in [0.15, 0.2) is 0 Å². The van der Waals surface area contributed by atoms with Crippen LogP contribution in [0, 0.1) is 12.3 Å². The van der Waals surface area contributed by atoms with E-state index in [1.54, 1.807) is 0 Å². The maximum absolute atomic E-state index is 12.0. The zero-order chi connectivity index (χ0) is 15.9. The summed E-state index contributed by atoms with van der Waals surface area (Å²) in [5, 5.41) is 6.14. The summed E-state index contributed by atoms with van der Waals surface area (Å²) in [7, 11) is 0. The van der Waals surface area contributed by atoms with Crippen LogP contribution in [0.5, 0.6) is 5.75 Å². The fraction of sp³-hybridized carbons (Fsp3) is 0.471. The maximum atomic E-state index is 12.0. The van der Waals surface area contributed by atoms with E-state index in [2.05, 4.69) is 16.6 Å². The van der Waals surface area contributed by atoms with E-state index in [9.17, 15) is 4.79 Å². The van der Waals surface area contributed by atoms with Crippen molar-refractivity contribution in [3.8, 4) is 18.1 Å². The van der Waals surface area contributed by atoms with Gasteiger partial charge in [-0.1, -0.05) is 24.1 Å². The van der Waals surface area contributed by atoms with Crippen LogP contribution in [-0.4, -0.2) is 24.1 Å². The fourth-order valence-electron chi connectivity index (χ4n) is 1.74. The lowest BCUT2D eigenvalue weighted by Crippen LogP contribution is -2.49. The van der Waals surface area contributed by atoms with Gasteiger partial charge in [-0.15, -0.1) is 6.42 Å². The Labute approximate surface area is 127 Å². The third kappa shape index (κ3) is 6.33. The topological polar surface area (TPSA) is 50.4 Å². The molecule has 0 fully saturated rings. The normalized spacial score (nSPS) is 12.3. The van der Waals surface area contributed by atoms with Crippen LogP contribution in [0.1, 0.15) is 33.3 Å². The molecular formula is C17H24N2O2. The minimum Gasteiger partial charge on any atom is -0.481 e. The first-order valence-electron chi connectivity index (χ1n) is 7.03. The van der Waals surface area contributed by atoms with Crippen LogP contribution in [0.15, 0.2) is 24.3 Å². The molecule has 0 bridgehead atoms. The molecule has 0 spiro atoms. The van der Waals surface area contributed by atoms with Crippen LogP contribution in [-0.2, 0) is 11.3 Å². The van der Waals surface area contributed by atoms with Crippen molar-refractivity contribution in [3.05, 3.63) is 29.8 Å². The Hall–Kier alpha value is -1.99. The molecule has 0 saturated heterocycles. The molecule has 1 rings (SSSR count). The van der Waals surface area contributed by atoms with Crippen molar-refractivity contribution in [1.82, 2.24) is 10.6 Å². The van der Waals surface area contributed by atoms with E-state index in [-0.39, 0.29) is 24.1 Å². The Morgan fingerprint density at radius 2 is 2.05 bits per heavy atom. The molecule has 0 aliphatic rings. The number of terminal acetylenes is 1. The second-order valence-electron chi connectivity index (χ2n) is 5.94. The Morgan fingerprint density at radius 1 is 1.38 bits per heavy atom. The number of carbonyl (C=O) groups is 1. The molecule has 0 heterocycles. The second kappa shape index (κ2) is 7.70. The van der Waals surface area contributed by atoms with E-state index in [1.165, 1.54) is 0 Å². The lowest BCUT2D eigenvalue weighted by Gasteiger charge is -2.24. The van der Waals surface area contributed by atoms with Crippen molar-refractivity contribution >= 4 is 5.91 Å². The predicted molar refractivity (Wildman–Crippen MR) is 85.0 cm³/mol. The number of hydrogen-bond donors (Lipinski definition) is 2. The van der Waals surface area contributed by atoms with E-state index >= 15 is 0 Å². The van der Waals surface area contributed by atoms with Crippen molar-refractivity contribution in [3.63, 3.8) is 0 Å². The number of ether oxygens (including phenoxy) is 1. The summed E-state index contributed by atoms with van der Waals surface area (Å²) in [6.45, 7) is 8.49. The largest absolute Gasteiger partial charge is 0.481 e. The SMILES string of the molecule is C#CCOc1ccccc1CNC(C)C(=O)NC(C)(C)C. The maximum Gasteiger partial charge on any atom is 0.237 e. The first-order valence-corrected chi connectivity index (χ1v) is 7.03. The number of benzene rings is 1. The van der Waals surface area contributed by atoms with Gasteiger partial charge in [-0.2, -0.15) is 0 Å². The molecule has 1 unspecified atom stereocenters. The Balaban J connectivity index is 2.59. The van der Waals surface area contributed by atoms with Crippen LogP contribution in [0.3, 0.4) is 0 Å². The molecule has 0 aromatic heterocycles. The molecule has 21 heavy (non-hydrogen) atoms. The number of hydrogen-bond acceptors (Lipinski definition) is 3. The molecule has 1 aromatic carbocycles. The van der Waals surface area contributed by atoms with Crippen LogP contribution < -0.4 is 15.4 Å². The first kappa shape index (κ1) is 17.1. The summed E-state index contributed by atoms with van der Waals surface area (Å²) in [4.78, 5) is 12.0. The van der Waals surface area contributed by atoms with Crippen LogP contribution in [0.4, 0.5) is 0 Å². The highest BCUT2D eigenvalue weighted by molar-refractivity contribution is 5.81. The van der Waals surface area contributed by atoms with Crippen LogP contribution in [0.25, 0.3) is 0 Å². The van der Waals surface area contributed by atoms with E-state index < -0.39 is 0 Å². The van der Waals surface area contributed by atoms with Crippen molar-refractivity contribution in [1.29, 1.82) is 0 Å². The van der Waals surface area contributed by atoms with Gasteiger partial charge in [0.25, 0.3) is 0 Å². The standard InChI is InChI=1S/C17H24N2O2/c1-6-11-21-15-10-8-7-9-14(15)12-18-13(2)16(20)19-17(3,4)5/h1,7-10,13,18H,11-12H2,2-5H3,(H,19,20). The Bertz CT molecular complexity index is 512. The van der Waals surface area contributed by atoms with Gasteiger partial charge in [0, 0.05) is 17.6 Å². The summed E-state index contributed by atoms with van der Waals surface area (Å²) < 4.78 is 5.48. The number of para-hydroxylation sites is 1. The third-order valence-electron chi connectivity index (χ3n) is 2.77. The van der Waals surface area contributed by atoms with Crippen molar-refractivity contribution < 1.29 is 9.53 Å². The smallest absolute Gasteiger partial charge is 0.237 e. The highest BCUT2D eigenvalue weighted by Crippen LogP contribution is 2.17. The minimum absolute atomic E-state index is 0.0236. The molecule has 1 amide bonds. The summed E-state index contributed by atoms with van der Waals surface area (Å²) >= 11 is 0. The zero-order valence-corrected chi connectivity index (χ0v) is 13.2. The predicted octanol–water partition coefficient (Wildman–Crippen LogP) is 2.09. The van der Waals surface area contributed by atoms with Gasteiger partial charge >= 0.3 is 0 Å². The molecule has 4 heteroatoms. The molecule has 114 valence electrons. The lowest BCUT2D eigenvalue weighted by atomic mass is 10.1. The van der Waals surface area contributed by atoms with Gasteiger partial charge < -0.3 is 15.4 Å². The molecular weight excluding hydrogens is 264 g/mol. The van der Waals surface area contributed by atoms with Gasteiger partial charge in [0.2, 0.25) is 5.91 Å². The summed E-state index contributed by atoms with van der Waals surface area (Å²) in [5.74, 6) is 3.16. The van der Waals surface area contributed by atoms with E-state index in [0.717, 1.165) is 11.3 Å². The summed E-state index contributed by atoms with van der Waals surface area (Å²) in [6, 6.07) is 7.36. The molecule has 0 aliphatic heterocycles. The first-order chi connectivity index (χ1) is 9.83. The van der Waals surface area contributed by atoms with Crippen molar-refractivity contribution in [2.45, 2.75) is 45.8 Å². The Kier molecular flexibility index (Phi) is 6.26. The van der Waals surface area contributed by atoms with Gasteiger partial charge in [-0.05, 0) is 33.8 Å². The number of rotatable bonds is 6. The zero-order valence-electron chi connectivity index (χ0n) is 13.2. The minimum atomic E-state index is -0.287. The highest BCUT2D eigenvalue weighted by atomic mass is 16.5. The summed E-state index contributed by atoms with van der Waals surface area (Å²) in [5.41, 5.74) is 0.740. The quantitative estimate of drug-likeness (QED) is 0.788. The van der Waals surface area contributed by atoms with E-state index in [0.29, 0.717) is 6.54 Å². The number of amides is 1. The number of nitrogens with one attached hydrogen (secondary N) is 2. The van der Waals surface area contributed by atoms with Gasteiger partial charge in [-0.3, -0.25) is 4.79 Å². The third-order valence-corrected chi connectivity index (χ3v) is 2.77. The number of carbonyl (C=O) groups excluding carboxylic acids is 1. The summed E-state index contributed by atoms with van der Waals surface area (Å²) in [6.07, 6.45) is 5.20. The highest BCUT2D eigenvalue weighted by Gasteiger charge is 2.19. The fourth-order valence-corrected chi connectivity index (χ4v) is 1.74. The second-order valence-corrected chi connectivity index (χ2v) is 5.94. The van der Waals surface area contributed by atoms with E-state index in [1.807, 2.05) is 52.0 Å². The molecule has 0 saturated carbocycles. The molecule has 4 nitrogen and oxygen atoms in total. The monoisotopic (exact) mass is 288 g/mol. The van der Waals surface area contributed by atoms with Gasteiger partial charge in [0.1, 0.15) is 12.4 Å². The lowest BCUT2D eigenvalue weighted by molar-refractivity contribution is -0.124. The molecule has 2 N–H and O–H groups in total. The van der Waals surface area contributed by atoms with E-state index in [4.69, 9.17) is 11.2 Å². The van der Waals surface area contributed by atoms with Gasteiger partial charge in [-0.25, -0.2) is 0 Å².